The number of hydrogen-bond acceptors (Lipinski definition) is 9. The first-order chi connectivity index (χ1) is 14.8. The molecule has 7 unspecified atom stereocenters. The summed E-state index contributed by atoms with van der Waals surface area (Å²) in [6, 6.07) is 2.98. The van der Waals surface area contributed by atoms with E-state index in [9.17, 15) is 39.9 Å². The highest BCUT2D eigenvalue weighted by Crippen LogP contribution is 2.53. The standard InChI is InChI=1S/C22H26N2O8/c1-7-15-17(27)9-6-8-10(24(2)3)4-5-11(25)12(8)18(28)13(9)19(29)22(15,32)20(30)14(16(7)26)21(23)31/h4-5,7,9,14-17,25-28,32H,6H2,1-3H3,(H2,23,31). The summed E-state index contributed by atoms with van der Waals surface area (Å²) in [7, 11) is 3.51. The summed E-state index contributed by atoms with van der Waals surface area (Å²) in [5.74, 6) is -9.92. The van der Waals surface area contributed by atoms with Crippen LogP contribution in [0, 0.1) is 23.7 Å². The number of nitrogens with zero attached hydrogens (tertiary/aromatic N) is 1. The van der Waals surface area contributed by atoms with Crippen LogP contribution < -0.4 is 10.6 Å². The van der Waals surface area contributed by atoms with Gasteiger partial charge in [-0.15, -0.1) is 0 Å². The molecule has 32 heavy (non-hydrogen) atoms. The van der Waals surface area contributed by atoms with E-state index in [1.165, 1.54) is 13.0 Å². The van der Waals surface area contributed by atoms with Gasteiger partial charge in [-0.1, -0.05) is 6.92 Å². The molecule has 0 saturated heterocycles. The molecule has 2 saturated carbocycles. The number of ketones is 2. The maximum atomic E-state index is 13.5. The van der Waals surface area contributed by atoms with Gasteiger partial charge in [-0.25, -0.2) is 0 Å². The first-order valence-corrected chi connectivity index (χ1v) is 10.3. The van der Waals surface area contributed by atoms with E-state index in [1.54, 1.807) is 25.1 Å². The van der Waals surface area contributed by atoms with Crippen molar-refractivity contribution < 1.29 is 39.9 Å². The monoisotopic (exact) mass is 446 g/mol. The van der Waals surface area contributed by atoms with Gasteiger partial charge in [-0.3, -0.25) is 14.4 Å². The van der Waals surface area contributed by atoms with E-state index in [1.807, 2.05) is 0 Å². The number of primary amides is 1. The number of hydrogen-bond donors (Lipinski definition) is 6. The van der Waals surface area contributed by atoms with Crippen molar-refractivity contribution in [1.82, 2.24) is 0 Å². The fraction of sp³-hybridized carbons (Fsp3) is 0.500. The van der Waals surface area contributed by atoms with Crippen LogP contribution in [-0.2, 0) is 20.8 Å². The summed E-state index contributed by atoms with van der Waals surface area (Å²) in [5.41, 5.74) is 3.12. The van der Waals surface area contributed by atoms with Crippen LogP contribution >= 0.6 is 0 Å². The van der Waals surface area contributed by atoms with E-state index in [-0.39, 0.29) is 17.7 Å². The molecule has 0 heterocycles. The Morgan fingerprint density at radius 1 is 1.16 bits per heavy atom. The van der Waals surface area contributed by atoms with Crippen LogP contribution in [-0.4, -0.2) is 74.9 Å². The molecule has 0 radical (unpaired) electrons. The molecule has 1 amide bonds. The SMILES string of the molecule is CC1C(O)C(C(N)=O)C(=O)C2(O)C(=O)C3=C(O)c4c(O)ccc(N(C)C)c4CC3C(O)C12. The predicted molar refractivity (Wildman–Crippen MR) is 111 cm³/mol. The third kappa shape index (κ3) is 2.60. The van der Waals surface area contributed by atoms with Gasteiger partial charge in [-0.2, -0.15) is 0 Å². The minimum atomic E-state index is -2.86. The molecule has 0 spiro atoms. The number of rotatable bonds is 2. The largest absolute Gasteiger partial charge is 0.507 e. The quantitative estimate of drug-likeness (QED) is 0.306. The Morgan fingerprint density at radius 2 is 1.78 bits per heavy atom. The van der Waals surface area contributed by atoms with Gasteiger partial charge in [0.25, 0.3) is 0 Å². The van der Waals surface area contributed by atoms with Gasteiger partial charge < -0.3 is 36.2 Å². The second-order valence-corrected chi connectivity index (χ2v) is 9.13. The van der Waals surface area contributed by atoms with Crippen LogP contribution in [0.15, 0.2) is 17.7 Å². The fourth-order valence-corrected chi connectivity index (χ4v) is 5.74. The molecule has 7 atom stereocenters. The number of carbonyl (C=O) groups is 3. The van der Waals surface area contributed by atoms with Crippen LogP contribution in [0.1, 0.15) is 18.1 Å². The molecule has 3 aliphatic rings. The van der Waals surface area contributed by atoms with Gasteiger partial charge in [0.2, 0.25) is 11.7 Å². The average Bonchev–Trinajstić information content (AvgIpc) is 2.70. The molecular weight excluding hydrogens is 420 g/mol. The maximum Gasteiger partial charge on any atom is 0.230 e. The van der Waals surface area contributed by atoms with Crippen LogP contribution in [0.25, 0.3) is 5.76 Å². The Balaban J connectivity index is 1.97. The van der Waals surface area contributed by atoms with E-state index in [0.717, 1.165) is 0 Å². The second kappa shape index (κ2) is 7.03. The number of aliphatic hydroxyl groups excluding tert-OH is 3. The van der Waals surface area contributed by atoms with Crippen LogP contribution in [0.5, 0.6) is 5.75 Å². The third-order valence-corrected chi connectivity index (χ3v) is 7.30. The Morgan fingerprint density at radius 3 is 2.34 bits per heavy atom. The van der Waals surface area contributed by atoms with Crippen molar-refractivity contribution in [1.29, 1.82) is 0 Å². The molecular formula is C22H26N2O8. The van der Waals surface area contributed by atoms with Crippen molar-refractivity contribution in [3.8, 4) is 5.75 Å². The zero-order chi connectivity index (χ0) is 23.9. The smallest absolute Gasteiger partial charge is 0.230 e. The molecule has 4 rings (SSSR count). The number of anilines is 1. The zero-order valence-corrected chi connectivity index (χ0v) is 17.8. The minimum Gasteiger partial charge on any atom is -0.507 e. The van der Waals surface area contributed by atoms with E-state index in [4.69, 9.17) is 5.73 Å². The highest BCUT2D eigenvalue weighted by molar-refractivity contribution is 6.25. The van der Waals surface area contributed by atoms with Crippen molar-refractivity contribution in [3.63, 3.8) is 0 Å². The summed E-state index contributed by atoms with van der Waals surface area (Å²) < 4.78 is 0. The van der Waals surface area contributed by atoms with Gasteiger partial charge in [0.1, 0.15) is 17.4 Å². The lowest BCUT2D eigenvalue weighted by Gasteiger charge is -2.53. The average molecular weight is 446 g/mol. The summed E-state index contributed by atoms with van der Waals surface area (Å²) in [6.45, 7) is 1.42. The van der Waals surface area contributed by atoms with Crippen LogP contribution in [0.4, 0.5) is 5.69 Å². The van der Waals surface area contributed by atoms with Crippen molar-refractivity contribution in [2.24, 2.45) is 29.4 Å². The highest BCUT2D eigenvalue weighted by atomic mass is 16.3. The fourth-order valence-electron chi connectivity index (χ4n) is 5.74. The second-order valence-electron chi connectivity index (χ2n) is 9.13. The molecule has 172 valence electrons. The number of benzene rings is 1. The summed E-state index contributed by atoms with van der Waals surface area (Å²) in [6.07, 6.45) is -3.07. The summed E-state index contributed by atoms with van der Waals surface area (Å²) in [5, 5.41) is 54.5. The van der Waals surface area contributed by atoms with E-state index in [0.29, 0.717) is 11.3 Å². The minimum absolute atomic E-state index is 0.0205. The molecule has 2 fully saturated rings. The van der Waals surface area contributed by atoms with Gasteiger partial charge in [0, 0.05) is 37.2 Å². The molecule has 1 aromatic carbocycles. The Labute approximate surface area is 183 Å². The number of aliphatic hydroxyl groups is 4. The highest BCUT2D eigenvalue weighted by Gasteiger charge is 2.69. The van der Waals surface area contributed by atoms with Crippen molar-refractivity contribution in [2.75, 3.05) is 19.0 Å². The lowest BCUT2D eigenvalue weighted by atomic mass is 9.52. The predicted octanol–water partition coefficient (Wildman–Crippen LogP) is -1.13. The topological polar surface area (TPSA) is 182 Å². The molecule has 1 aromatic rings. The van der Waals surface area contributed by atoms with E-state index in [2.05, 4.69) is 0 Å². The molecule has 10 nitrogen and oxygen atoms in total. The maximum absolute atomic E-state index is 13.5. The number of amides is 1. The molecule has 0 aromatic heterocycles. The van der Waals surface area contributed by atoms with Gasteiger partial charge >= 0.3 is 0 Å². The number of carbonyl (C=O) groups excluding carboxylic acids is 3. The summed E-state index contributed by atoms with van der Waals surface area (Å²) in [4.78, 5) is 40.2. The number of phenolic OH excluding ortho intramolecular Hbond substituents is 1. The Hall–Kier alpha value is -2.95. The zero-order valence-electron chi connectivity index (χ0n) is 17.8. The van der Waals surface area contributed by atoms with Crippen LogP contribution in [0.3, 0.4) is 0 Å². The van der Waals surface area contributed by atoms with E-state index < -0.39 is 70.3 Å². The van der Waals surface area contributed by atoms with Crippen molar-refractivity contribution in [3.05, 3.63) is 28.8 Å². The van der Waals surface area contributed by atoms with Crippen LogP contribution in [0.2, 0.25) is 0 Å². The van der Waals surface area contributed by atoms with Gasteiger partial charge in [-0.05, 0) is 30.0 Å². The summed E-state index contributed by atoms with van der Waals surface area (Å²) >= 11 is 0. The Bertz CT molecular complexity index is 1080. The first kappa shape index (κ1) is 22.3. The lowest BCUT2D eigenvalue weighted by Crippen LogP contribution is -2.72. The Kier molecular flexibility index (Phi) is 4.89. The molecule has 0 bridgehead atoms. The first-order valence-electron chi connectivity index (χ1n) is 10.3. The van der Waals surface area contributed by atoms with E-state index >= 15 is 0 Å². The van der Waals surface area contributed by atoms with Gasteiger partial charge in [0.05, 0.1) is 17.8 Å². The third-order valence-electron chi connectivity index (χ3n) is 7.30. The van der Waals surface area contributed by atoms with Crippen molar-refractivity contribution in [2.45, 2.75) is 31.2 Å². The molecule has 0 aliphatic heterocycles. The number of aromatic hydroxyl groups is 1. The number of fused-ring (bicyclic) bond motifs is 3. The molecule has 3 aliphatic carbocycles. The molecule has 7 N–H and O–H groups in total. The number of phenols is 1. The number of Topliss-reactive ketones (excluding diaryl/α,β-unsaturated/α-hetero) is 2. The van der Waals surface area contributed by atoms with Gasteiger partial charge in [0.15, 0.2) is 11.4 Å². The lowest BCUT2D eigenvalue weighted by molar-refractivity contribution is -0.196. The molecule has 10 heteroatoms. The number of nitrogens with two attached hydrogens (primary N) is 1. The normalized spacial score (nSPS) is 36.3. The van der Waals surface area contributed by atoms with Crippen molar-refractivity contribution >= 4 is 28.9 Å².